The maximum absolute atomic E-state index is 14.3. The second-order valence-electron chi connectivity index (χ2n) is 21.2. The van der Waals surface area contributed by atoms with Crippen LogP contribution in [0.15, 0.2) is 72.8 Å². The van der Waals surface area contributed by atoms with Crippen molar-refractivity contribution in [3.8, 4) is 23.0 Å². The molecule has 0 radical (unpaired) electrons. The van der Waals surface area contributed by atoms with Gasteiger partial charge in [0.25, 0.3) is 23.6 Å². The summed E-state index contributed by atoms with van der Waals surface area (Å²) in [5.41, 5.74) is 33.5. The number of hydrogen-bond donors (Lipinski definition) is 22. The number of hydrogen-bond acceptors (Lipinski definition) is 18. The monoisotopic (exact) mass is 1320 g/mol. The van der Waals surface area contributed by atoms with Crippen molar-refractivity contribution in [2.24, 2.45) is 34.4 Å². The fraction of sp³-hybridized carbons (Fsp3) is 0.383. The zero-order valence-electron chi connectivity index (χ0n) is 53.3. The van der Waals surface area contributed by atoms with Crippen LogP contribution in [0.25, 0.3) is 0 Å². The average Bonchev–Trinajstić information content (AvgIpc) is 0.875. The number of ether oxygens (including phenoxy) is 4. The van der Waals surface area contributed by atoms with Crippen LogP contribution in [0.5, 0.6) is 23.0 Å². The third kappa shape index (κ3) is 25.2. The number of anilines is 4. The summed E-state index contributed by atoms with van der Waals surface area (Å²) in [6.07, 6.45) is 2.02. The number of amides is 9. The van der Waals surface area contributed by atoms with Gasteiger partial charge in [-0.25, -0.2) is 0 Å². The van der Waals surface area contributed by atoms with E-state index in [0.29, 0.717) is 25.8 Å². The minimum Gasteiger partial charge on any atom is -0.496 e. The Morgan fingerprint density at radius 2 is 0.674 bits per heavy atom. The first kappa shape index (κ1) is 75.8. The normalized spacial score (nSPS) is 12.1. The van der Waals surface area contributed by atoms with E-state index in [9.17, 15) is 43.2 Å². The highest BCUT2D eigenvalue weighted by Gasteiger charge is 2.30. The van der Waals surface area contributed by atoms with Crippen molar-refractivity contribution in [1.82, 2.24) is 42.5 Å². The van der Waals surface area contributed by atoms with E-state index in [1.165, 1.54) is 108 Å². The third-order valence-corrected chi connectivity index (χ3v) is 14.0. The molecule has 0 bridgehead atoms. The largest absolute Gasteiger partial charge is 0.496 e. The lowest BCUT2D eigenvalue weighted by Gasteiger charge is -2.23. The molecule has 9 amide bonds. The van der Waals surface area contributed by atoms with E-state index in [4.69, 9.17) is 75.0 Å². The van der Waals surface area contributed by atoms with Gasteiger partial charge < -0.3 is 117 Å². The zero-order valence-corrected chi connectivity index (χ0v) is 53.3. The van der Waals surface area contributed by atoms with Gasteiger partial charge in [0.2, 0.25) is 29.5 Å². The lowest BCUT2D eigenvalue weighted by Crippen LogP contribution is -2.52. The number of guanidine groups is 4. The summed E-state index contributed by atoms with van der Waals surface area (Å²) in [5, 5.41) is 61.9. The van der Waals surface area contributed by atoms with Crippen molar-refractivity contribution in [3.63, 3.8) is 0 Å². The van der Waals surface area contributed by atoms with Gasteiger partial charge in [0, 0.05) is 48.9 Å². The number of primary amides is 1. The Kier molecular flexibility index (Phi) is 30.5. The van der Waals surface area contributed by atoms with Crippen molar-refractivity contribution >= 4 is 99.8 Å². The number of nitrogens with one attached hydrogen (secondary N) is 16. The van der Waals surface area contributed by atoms with Crippen LogP contribution in [-0.4, -0.2) is 162 Å². The van der Waals surface area contributed by atoms with Gasteiger partial charge in [-0.1, -0.05) is 0 Å². The molecule has 4 rings (SSSR count). The topological polar surface area (TPSA) is 586 Å². The molecule has 0 spiro atoms. The Morgan fingerprint density at radius 1 is 0.379 bits per heavy atom. The number of unbranched alkanes of at least 4 members (excludes halogenated alkanes) is 1. The molecule has 35 nitrogen and oxygen atoms in total. The Bertz CT molecular complexity index is 3440. The van der Waals surface area contributed by atoms with Crippen molar-refractivity contribution in [2.75, 3.05) is 75.9 Å². The number of rotatable bonds is 38. The van der Waals surface area contributed by atoms with Crippen LogP contribution in [0.3, 0.4) is 0 Å². The zero-order chi connectivity index (χ0) is 70.3. The van der Waals surface area contributed by atoms with Crippen LogP contribution in [0.4, 0.5) is 22.7 Å². The SMILES string of the molecule is COc1ccc(NC(=O)[C@@H](CCCNC(=N)N)NC(=O)c2cc(NC(=O)[C@H](C)NC(=O)[C@@H](CCCNC(=N)N)NC(=O)c3cc(NC(=O)[C@@H](CCCNC(=N)N)NC(=O)c4cc(NC(=O)[C@H](N)CCCCNC(=N)N)ccc4OC)ccc3OC)ccc2OC)cc1C(N)=O. The number of methoxy groups -OCH3 is 4. The second-order valence-corrected chi connectivity index (χ2v) is 21.2. The molecule has 0 aliphatic rings. The summed E-state index contributed by atoms with van der Waals surface area (Å²) in [6, 6.07) is 10.6. The molecule has 35 heteroatoms. The van der Waals surface area contributed by atoms with Crippen LogP contribution in [0.2, 0.25) is 0 Å². The van der Waals surface area contributed by atoms with E-state index in [0.717, 1.165) is 0 Å². The summed E-state index contributed by atoms with van der Waals surface area (Å²) in [4.78, 5) is 124. The molecule has 0 saturated carbocycles. The molecule has 95 heavy (non-hydrogen) atoms. The van der Waals surface area contributed by atoms with E-state index >= 15 is 0 Å². The lowest BCUT2D eigenvalue weighted by atomic mass is 10.1. The average molecular weight is 1320 g/mol. The number of carbonyl (C=O) groups is 9. The molecule has 0 aliphatic carbocycles. The van der Waals surface area contributed by atoms with Crippen molar-refractivity contribution in [2.45, 2.75) is 94.9 Å². The van der Waals surface area contributed by atoms with Gasteiger partial charge in [0.1, 0.15) is 47.2 Å². The third-order valence-electron chi connectivity index (χ3n) is 14.0. The van der Waals surface area contributed by atoms with E-state index in [1.807, 2.05) is 0 Å². The molecule has 0 saturated heterocycles. The molecular weight excluding hydrogens is 1240 g/mol. The van der Waals surface area contributed by atoms with E-state index in [1.54, 1.807) is 0 Å². The van der Waals surface area contributed by atoms with Gasteiger partial charge >= 0.3 is 0 Å². The van der Waals surface area contributed by atoms with Gasteiger partial charge in [0.05, 0.1) is 56.7 Å². The fourth-order valence-corrected chi connectivity index (χ4v) is 9.14. The maximum atomic E-state index is 14.3. The maximum Gasteiger partial charge on any atom is 0.255 e. The van der Waals surface area contributed by atoms with Crippen molar-refractivity contribution in [3.05, 3.63) is 95.1 Å². The van der Waals surface area contributed by atoms with Crippen molar-refractivity contribution < 1.29 is 62.1 Å². The van der Waals surface area contributed by atoms with Crippen LogP contribution < -0.4 is 117 Å². The molecular formula is C60H86N22O13. The minimum absolute atomic E-state index is 0.00909. The van der Waals surface area contributed by atoms with Crippen LogP contribution in [-0.2, 0) is 24.0 Å². The predicted molar refractivity (Wildman–Crippen MR) is 356 cm³/mol. The Hall–Kier alpha value is -11.7. The summed E-state index contributed by atoms with van der Waals surface area (Å²) in [6.45, 7) is 2.19. The van der Waals surface area contributed by atoms with E-state index in [2.05, 4.69) is 63.8 Å². The molecule has 0 heterocycles. The van der Waals surface area contributed by atoms with Gasteiger partial charge in [-0.15, -0.1) is 0 Å². The first-order valence-corrected chi connectivity index (χ1v) is 29.7. The van der Waals surface area contributed by atoms with Crippen molar-refractivity contribution in [1.29, 1.82) is 21.6 Å². The molecule has 0 aromatic heterocycles. The van der Waals surface area contributed by atoms with Crippen LogP contribution >= 0.6 is 0 Å². The number of benzene rings is 4. The standard InChI is InChI=1S/C60H86N22O13/c1-31(49(84)76-33-16-20-45(93-3)37(28-33)51(86)81-42(13-9-25-73-59(67)68)55(90)78-32-15-19-44(92-2)36(27-32)48(62)83)75-54(89)41(12-8-24-72-58(65)66)80-50(85)39-30-35(18-22-47(39)95-5)79-56(91)43(14-10-26-74-60(69)70)82-52(87)38-29-34(17-21-46(38)94-4)77-53(88)40(61)11-6-7-23-71-57(63)64/h15-22,27-31,40-43H,6-14,23-26,61H2,1-5H3,(H2,62,83)(H,75,89)(H,76,84)(H,77,88)(H,78,90)(H,79,91)(H,80,85)(H,81,86)(H,82,87)(H4,63,64,71)(H4,65,66,72)(H4,67,68,73)(H4,69,70,74)/t31-,40+,41+,42+,43+/m0/s1. The first-order chi connectivity index (χ1) is 45.2. The van der Waals surface area contributed by atoms with E-state index in [-0.39, 0.29) is 150 Å². The Morgan fingerprint density at radius 3 is 1.00 bits per heavy atom. The molecule has 514 valence electrons. The summed E-state index contributed by atoms with van der Waals surface area (Å²) >= 11 is 0. The molecule has 4 aromatic rings. The molecule has 28 N–H and O–H groups in total. The number of nitrogens with two attached hydrogens (primary N) is 6. The summed E-state index contributed by atoms with van der Waals surface area (Å²) in [7, 11) is 5.24. The molecule has 0 fully saturated rings. The first-order valence-electron chi connectivity index (χ1n) is 29.7. The molecule has 0 aliphatic heterocycles. The van der Waals surface area contributed by atoms with Gasteiger partial charge in [-0.2, -0.15) is 0 Å². The highest BCUT2D eigenvalue weighted by atomic mass is 16.5. The Balaban J connectivity index is 1.54. The molecule has 5 atom stereocenters. The van der Waals surface area contributed by atoms with Gasteiger partial charge in [-0.3, -0.25) is 64.8 Å². The highest BCUT2D eigenvalue weighted by Crippen LogP contribution is 2.28. The fourth-order valence-electron chi connectivity index (χ4n) is 9.14. The molecule has 0 unspecified atom stereocenters. The van der Waals surface area contributed by atoms with Gasteiger partial charge in [-0.05, 0) is 138 Å². The second kappa shape index (κ2) is 38.3. The lowest BCUT2D eigenvalue weighted by molar-refractivity contribution is -0.127. The van der Waals surface area contributed by atoms with Crippen LogP contribution in [0, 0.1) is 21.6 Å². The predicted octanol–water partition coefficient (Wildman–Crippen LogP) is -0.755. The Labute approximate surface area is 547 Å². The van der Waals surface area contributed by atoms with Crippen LogP contribution in [0.1, 0.15) is 106 Å². The van der Waals surface area contributed by atoms with Gasteiger partial charge in [0.15, 0.2) is 23.8 Å². The quantitative estimate of drug-likeness (QED) is 0.0149. The molecule has 4 aromatic carbocycles. The number of carbonyl (C=O) groups excluding carboxylic acids is 9. The minimum atomic E-state index is -1.36. The summed E-state index contributed by atoms with van der Waals surface area (Å²) < 4.78 is 21.6. The summed E-state index contributed by atoms with van der Waals surface area (Å²) in [5.74, 6) is -7.72. The highest BCUT2D eigenvalue weighted by molar-refractivity contribution is 6.07. The van der Waals surface area contributed by atoms with E-state index < -0.39 is 83.4 Å². The smallest absolute Gasteiger partial charge is 0.255 e.